The minimum Gasteiger partial charge on any atom is -0.337 e. The highest BCUT2D eigenvalue weighted by Gasteiger charge is 2.54. The molecule has 1 aliphatic heterocycles. The fraction of sp³-hybridized carbons (Fsp3) is 0.421. The lowest BCUT2D eigenvalue weighted by Crippen LogP contribution is -2.45. The molecular weight excluding hydrogens is 321 g/mol. The zero-order valence-electron chi connectivity index (χ0n) is 13.9. The molecule has 0 N–H and O–H groups in total. The van der Waals surface area contributed by atoms with Crippen molar-refractivity contribution < 1.29 is 9.18 Å². The highest BCUT2D eigenvalue weighted by atomic mass is 19.1. The van der Waals surface area contributed by atoms with E-state index in [0.717, 1.165) is 31.2 Å². The number of nitrogens with zero attached hydrogens (tertiary/aromatic N) is 3. The summed E-state index contributed by atoms with van der Waals surface area (Å²) in [5.74, 6) is -0.189. The number of aromatic nitrogens is 2. The molecular formula is C19H20FN3O2. The molecule has 0 spiro atoms. The summed E-state index contributed by atoms with van der Waals surface area (Å²) in [6.45, 7) is 1.12. The summed E-state index contributed by atoms with van der Waals surface area (Å²) in [5.41, 5.74) is 0.228. The van der Waals surface area contributed by atoms with Crippen LogP contribution in [0.2, 0.25) is 0 Å². The van der Waals surface area contributed by atoms with Crippen molar-refractivity contribution in [3.63, 3.8) is 0 Å². The monoisotopic (exact) mass is 341 g/mol. The van der Waals surface area contributed by atoms with Crippen molar-refractivity contribution >= 4 is 5.91 Å². The van der Waals surface area contributed by atoms with Crippen molar-refractivity contribution in [2.75, 3.05) is 6.54 Å². The lowest BCUT2D eigenvalue weighted by atomic mass is 9.94. The normalized spacial score (nSPS) is 21.3. The van der Waals surface area contributed by atoms with Crippen LogP contribution >= 0.6 is 0 Å². The van der Waals surface area contributed by atoms with Gasteiger partial charge in [-0.15, -0.1) is 0 Å². The first-order valence-electron chi connectivity index (χ1n) is 8.69. The molecule has 0 radical (unpaired) electrons. The van der Waals surface area contributed by atoms with Gasteiger partial charge in [-0.25, -0.2) is 9.07 Å². The van der Waals surface area contributed by atoms with E-state index in [0.29, 0.717) is 13.1 Å². The van der Waals surface area contributed by atoms with Crippen LogP contribution in [0.3, 0.4) is 0 Å². The molecule has 0 bridgehead atoms. The Morgan fingerprint density at radius 1 is 1.24 bits per heavy atom. The Balaban J connectivity index is 1.56. The molecule has 1 saturated carbocycles. The first kappa shape index (κ1) is 16.0. The summed E-state index contributed by atoms with van der Waals surface area (Å²) in [4.78, 5) is 27.0. The summed E-state index contributed by atoms with van der Waals surface area (Å²) in [6, 6.07) is 9.34. The van der Waals surface area contributed by atoms with Crippen LogP contribution in [0.15, 0.2) is 47.4 Å². The highest BCUT2D eigenvalue weighted by Crippen LogP contribution is 2.50. The summed E-state index contributed by atoms with van der Waals surface area (Å²) in [5, 5.41) is 4.11. The molecule has 1 unspecified atom stereocenters. The quantitative estimate of drug-likeness (QED) is 0.856. The molecule has 4 rings (SSSR count). The minimum absolute atomic E-state index is 0.0157. The Morgan fingerprint density at radius 3 is 2.68 bits per heavy atom. The summed E-state index contributed by atoms with van der Waals surface area (Å²) in [7, 11) is 0. The fourth-order valence-electron chi connectivity index (χ4n) is 3.81. The van der Waals surface area contributed by atoms with Crippen molar-refractivity contribution in [2.24, 2.45) is 0 Å². The number of hydrogen-bond acceptors (Lipinski definition) is 3. The SMILES string of the molecule is O=C(N1CCCC1Cn1ncccc1=O)C1(c2ccc(F)cc2)CC1. The molecule has 2 heterocycles. The molecule has 2 fully saturated rings. The second-order valence-electron chi connectivity index (χ2n) is 6.93. The lowest BCUT2D eigenvalue weighted by Gasteiger charge is -2.29. The summed E-state index contributed by atoms with van der Waals surface area (Å²) < 4.78 is 14.6. The van der Waals surface area contributed by atoms with Gasteiger partial charge in [0.2, 0.25) is 5.91 Å². The van der Waals surface area contributed by atoms with Gasteiger partial charge in [-0.1, -0.05) is 12.1 Å². The Labute approximate surface area is 145 Å². The first-order valence-corrected chi connectivity index (χ1v) is 8.69. The van der Waals surface area contributed by atoms with Gasteiger partial charge >= 0.3 is 0 Å². The van der Waals surface area contributed by atoms with Crippen LogP contribution in [0.5, 0.6) is 0 Å². The van der Waals surface area contributed by atoms with E-state index in [4.69, 9.17) is 0 Å². The van der Waals surface area contributed by atoms with Crippen molar-refractivity contribution in [3.05, 3.63) is 64.3 Å². The Morgan fingerprint density at radius 2 is 2.00 bits per heavy atom. The Kier molecular flexibility index (Phi) is 3.90. The van der Waals surface area contributed by atoms with Crippen molar-refractivity contribution in [3.8, 4) is 0 Å². The molecule has 1 aromatic carbocycles. The van der Waals surface area contributed by atoms with Crippen LogP contribution in [-0.2, 0) is 16.8 Å². The number of hydrogen-bond donors (Lipinski definition) is 0. The van der Waals surface area contributed by atoms with Gasteiger partial charge in [0.15, 0.2) is 0 Å². The maximum atomic E-state index is 13.2. The van der Waals surface area contributed by atoms with E-state index in [2.05, 4.69) is 5.10 Å². The minimum atomic E-state index is -0.509. The molecule has 130 valence electrons. The van der Waals surface area contributed by atoms with E-state index in [1.165, 1.54) is 22.9 Å². The molecule has 1 amide bonds. The predicted molar refractivity (Wildman–Crippen MR) is 90.5 cm³/mol. The van der Waals surface area contributed by atoms with Crippen molar-refractivity contribution in [1.82, 2.24) is 14.7 Å². The van der Waals surface area contributed by atoms with E-state index < -0.39 is 5.41 Å². The summed E-state index contributed by atoms with van der Waals surface area (Å²) >= 11 is 0. The van der Waals surface area contributed by atoms with E-state index in [1.807, 2.05) is 4.90 Å². The largest absolute Gasteiger partial charge is 0.337 e. The van der Waals surface area contributed by atoms with Gasteiger partial charge in [-0.3, -0.25) is 9.59 Å². The molecule has 1 atom stereocenters. The molecule has 1 aromatic heterocycles. The van der Waals surface area contributed by atoms with Crippen molar-refractivity contribution in [2.45, 2.75) is 43.7 Å². The first-order chi connectivity index (χ1) is 12.1. The third-order valence-electron chi connectivity index (χ3n) is 5.36. The lowest BCUT2D eigenvalue weighted by molar-refractivity contribution is -0.135. The number of carbonyl (C=O) groups excluding carboxylic acids is 1. The van der Waals surface area contributed by atoms with Gasteiger partial charge < -0.3 is 4.90 Å². The van der Waals surface area contributed by atoms with Gasteiger partial charge in [0.05, 0.1) is 18.0 Å². The van der Waals surface area contributed by atoms with Crippen LogP contribution < -0.4 is 5.56 Å². The molecule has 1 aliphatic carbocycles. The number of halogens is 1. The molecule has 2 aromatic rings. The zero-order valence-corrected chi connectivity index (χ0v) is 13.9. The molecule has 6 heteroatoms. The molecule has 5 nitrogen and oxygen atoms in total. The fourth-order valence-corrected chi connectivity index (χ4v) is 3.81. The number of rotatable bonds is 4. The topological polar surface area (TPSA) is 55.2 Å². The zero-order chi connectivity index (χ0) is 17.4. The van der Waals surface area contributed by atoms with Gasteiger partial charge in [0, 0.05) is 18.8 Å². The number of carbonyl (C=O) groups is 1. The van der Waals surface area contributed by atoms with Gasteiger partial charge in [0.25, 0.3) is 5.56 Å². The van der Waals surface area contributed by atoms with Gasteiger partial charge in [-0.05, 0) is 49.4 Å². The van der Waals surface area contributed by atoms with E-state index in [-0.39, 0.29) is 23.3 Å². The van der Waals surface area contributed by atoms with Crippen molar-refractivity contribution in [1.29, 1.82) is 0 Å². The van der Waals surface area contributed by atoms with E-state index in [9.17, 15) is 14.0 Å². The highest BCUT2D eigenvalue weighted by molar-refractivity contribution is 5.91. The van der Waals surface area contributed by atoms with Crippen LogP contribution in [0, 0.1) is 5.82 Å². The van der Waals surface area contributed by atoms with Crippen LogP contribution in [-0.4, -0.2) is 33.2 Å². The molecule has 25 heavy (non-hydrogen) atoms. The maximum absolute atomic E-state index is 13.2. The second-order valence-corrected chi connectivity index (χ2v) is 6.93. The standard InChI is InChI=1S/C19H20FN3O2/c20-15-7-5-14(6-8-15)19(9-10-19)18(25)22-12-2-3-16(22)13-23-17(24)4-1-11-21-23/h1,4-8,11,16H,2-3,9-10,12-13H2. The Bertz CT molecular complexity index is 842. The average Bonchev–Trinajstić information content (AvgIpc) is 3.30. The smallest absolute Gasteiger partial charge is 0.266 e. The van der Waals surface area contributed by atoms with Crippen LogP contribution in [0.25, 0.3) is 0 Å². The number of benzene rings is 1. The third-order valence-corrected chi connectivity index (χ3v) is 5.36. The van der Waals surface area contributed by atoms with Crippen LogP contribution in [0.4, 0.5) is 4.39 Å². The number of amides is 1. The van der Waals surface area contributed by atoms with Gasteiger partial charge in [0.1, 0.15) is 5.82 Å². The summed E-state index contributed by atoms with van der Waals surface area (Å²) in [6.07, 6.45) is 4.98. The molecule has 2 aliphatic rings. The van der Waals surface area contributed by atoms with E-state index in [1.54, 1.807) is 24.4 Å². The van der Waals surface area contributed by atoms with Crippen LogP contribution in [0.1, 0.15) is 31.2 Å². The second kappa shape index (κ2) is 6.10. The predicted octanol–water partition coefficient (Wildman–Crippen LogP) is 2.11. The third kappa shape index (κ3) is 2.86. The van der Waals surface area contributed by atoms with Gasteiger partial charge in [-0.2, -0.15) is 5.10 Å². The van der Waals surface area contributed by atoms with E-state index >= 15 is 0 Å². The Hall–Kier alpha value is -2.50. The average molecular weight is 341 g/mol. The molecule has 1 saturated heterocycles. The maximum Gasteiger partial charge on any atom is 0.266 e. The number of likely N-dealkylation sites (tertiary alicyclic amines) is 1.